The van der Waals surface area contributed by atoms with E-state index in [4.69, 9.17) is 21.7 Å². The summed E-state index contributed by atoms with van der Waals surface area (Å²) in [6.07, 6.45) is 0. The number of ether oxygens (including phenoxy) is 2. The number of amides is 1. The number of carbonyl (C=O) groups excluding carboxylic acids is 1. The van der Waals surface area contributed by atoms with Crippen molar-refractivity contribution in [2.24, 2.45) is 0 Å². The van der Waals surface area contributed by atoms with Crippen LogP contribution in [0.2, 0.25) is 0 Å². The van der Waals surface area contributed by atoms with E-state index in [-0.39, 0.29) is 11.0 Å². The fourth-order valence-corrected chi connectivity index (χ4v) is 2.08. The predicted molar refractivity (Wildman–Crippen MR) is 93.9 cm³/mol. The summed E-state index contributed by atoms with van der Waals surface area (Å²) in [6.45, 7) is 2.28. The topological polar surface area (TPSA) is 59.6 Å². The van der Waals surface area contributed by atoms with Crippen molar-refractivity contribution < 1.29 is 14.3 Å². The summed E-state index contributed by atoms with van der Waals surface area (Å²) in [6, 6.07) is 16.9. The van der Waals surface area contributed by atoms with Crippen LogP contribution in [0.4, 0.5) is 5.69 Å². The third-order valence-electron chi connectivity index (χ3n) is 2.75. The van der Waals surface area contributed by atoms with Crippen molar-refractivity contribution in [3.05, 3.63) is 54.6 Å². The highest BCUT2D eigenvalue weighted by molar-refractivity contribution is 7.80. The fourth-order valence-electron chi connectivity index (χ4n) is 1.82. The molecule has 0 aliphatic rings. The van der Waals surface area contributed by atoms with Crippen LogP contribution >= 0.6 is 12.2 Å². The Hall–Kier alpha value is -2.60. The molecule has 0 heterocycles. The molecule has 0 radical (unpaired) electrons. The maximum atomic E-state index is 10.9. The molecule has 23 heavy (non-hydrogen) atoms. The zero-order chi connectivity index (χ0) is 16.5. The summed E-state index contributed by atoms with van der Waals surface area (Å²) >= 11 is 5.01. The Labute approximate surface area is 140 Å². The molecule has 5 nitrogen and oxygen atoms in total. The van der Waals surface area contributed by atoms with Crippen molar-refractivity contribution in [1.82, 2.24) is 5.32 Å². The van der Waals surface area contributed by atoms with E-state index in [1.165, 1.54) is 6.92 Å². The molecule has 0 bridgehead atoms. The molecule has 0 spiro atoms. The van der Waals surface area contributed by atoms with Crippen LogP contribution in [0.1, 0.15) is 6.92 Å². The molecule has 2 N–H and O–H groups in total. The van der Waals surface area contributed by atoms with E-state index in [1.807, 2.05) is 48.5 Å². The number of anilines is 1. The van der Waals surface area contributed by atoms with E-state index in [0.717, 1.165) is 11.4 Å². The molecule has 0 atom stereocenters. The Morgan fingerprint density at radius 2 is 1.65 bits per heavy atom. The van der Waals surface area contributed by atoms with Crippen LogP contribution in [0.25, 0.3) is 0 Å². The van der Waals surface area contributed by atoms with Crippen molar-refractivity contribution >= 4 is 28.9 Å². The van der Waals surface area contributed by atoms with Gasteiger partial charge in [-0.15, -0.1) is 0 Å². The van der Waals surface area contributed by atoms with Crippen LogP contribution in [0.5, 0.6) is 11.5 Å². The standard InChI is InChI=1S/C17H18N2O3S/c1-13(20)18-17(23)19-14-6-5-9-16(12-14)22-11-10-21-15-7-3-2-4-8-15/h2-9,12H,10-11H2,1H3,(H2,18,19,20,23). The third-order valence-corrected chi connectivity index (χ3v) is 2.95. The lowest BCUT2D eigenvalue weighted by atomic mass is 10.3. The summed E-state index contributed by atoms with van der Waals surface area (Å²) in [5, 5.41) is 5.67. The second-order valence-electron chi connectivity index (χ2n) is 4.67. The Kier molecular flexibility index (Phi) is 6.38. The SMILES string of the molecule is CC(=O)NC(=S)Nc1cccc(OCCOc2ccccc2)c1. The predicted octanol–water partition coefficient (Wildman–Crippen LogP) is 2.98. The molecule has 0 saturated heterocycles. The zero-order valence-corrected chi connectivity index (χ0v) is 13.6. The zero-order valence-electron chi connectivity index (χ0n) is 12.7. The van der Waals surface area contributed by atoms with E-state index in [1.54, 1.807) is 6.07 Å². The molecule has 0 unspecified atom stereocenters. The van der Waals surface area contributed by atoms with Crippen molar-refractivity contribution in [1.29, 1.82) is 0 Å². The minimum atomic E-state index is -0.215. The van der Waals surface area contributed by atoms with Gasteiger partial charge in [-0.3, -0.25) is 4.79 Å². The number of thiocarbonyl (C=S) groups is 1. The first-order valence-electron chi connectivity index (χ1n) is 7.13. The summed E-state index contributed by atoms with van der Waals surface area (Å²) in [5.74, 6) is 1.29. The molecule has 0 fully saturated rings. The normalized spacial score (nSPS) is 9.78. The van der Waals surface area contributed by atoms with Crippen molar-refractivity contribution in [2.45, 2.75) is 6.92 Å². The van der Waals surface area contributed by atoms with E-state index >= 15 is 0 Å². The van der Waals surface area contributed by atoms with Gasteiger partial charge >= 0.3 is 0 Å². The highest BCUT2D eigenvalue weighted by Gasteiger charge is 2.01. The van der Waals surface area contributed by atoms with E-state index in [0.29, 0.717) is 19.0 Å². The van der Waals surface area contributed by atoms with Crippen LogP contribution in [0.3, 0.4) is 0 Å². The maximum Gasteiger partial charge on any atom is 0.222 e. The van der Waals surface area contributed by atoms with Gasteiger partial charge in [-0.1, -0.05) is 24.3 Å². The van der Waals surface area contributed by atoms with E-state index in [2.05, 4.69) is 10.6 Å². The van der Waals surface area contributed by atoms with Gasteiger partial charge in [-0.05, 0) is 36.5 Å². The van der Waals surface area contributed by atoms with Gasteiger partial charge in [0.05, 0.1) is 0 Å². The second-order valence-corrected chi connectivity index (χ2v) is 5.08. The highest BCUT2D eigenvalue weighted by atomic mass is 32.1. The number of carbonyl (C=O) groups is 1. The van der Waals surface area contributed by atoms with Gasteiger partial charge in [0.25, 0.3) is 0 Å². The third kappa shape index (κ3) is 6.36. The molecule has 2 aromatic carbocycles. The number of hydrogen-bond acceptors (Lipinski definition) is 4. The summed E-state index contributed by atoms with van der Waals surface area (Å²) in [5.41, 5.74) is 0.741. The van der Waals surface area contributed by atoms with Gasteiger partial charge in [-0.25, -0.2) is 0 Å². The van der Waals surface area contributed by atoms with Gasteiger partial charge < -0.3 is 20.1 Å². The average Bonchev–Trinajstić information content (AvgIpc) is 2.52. The first-order valence-corrected chi connectivity index (χ1v) is 7.53. The van der Waals surface area contributed by atoms with Gasteiger partial charge in [0.15, 0.2) is 5.11 Å². The number of nitrogens with one attached hydrogen (secondary N) is 2. The number of hydrogen-bond donors (Lipinski definition) is 2. The molecule has 0 saturated carbocycles. The Balaban J connectivity index is 1.78. The molecule has 0 aliphatic carbocycles. The first kappa shape index (κ1) is 16.8. The summed E-state index contributed by atoms with van der Waals surface area (Å²) in [4.78, 5) is 10.9. The lowest BCUT2D eigenvalue weighted by Gasteiger charge is -2.11. The van der Waals surface area contributed by atoms with Gasteiger partial charge in [0, 0.05) is 18.7 Å². The van der Waals surface area contributed by atoms with Crippen molar-refractivity contribution in [3.63, 3.8) is 0 Å². The Morgan fingerprint density at radius 1 is 1.00 bits per heavy atom. The molecule has 6 heteroatoms. The minimum Gasteiger partial charge on any atom is -0.490 e. The molecule has 120 valence electrons. The molecular weight excluding hydrogens is 312 g/mol. The highest BCUT2D eigenvalue weighted by Crippen LogP contribution is 2.17. The molecule has 1 amide bonds. The fraction of sp³-hybridized carbons (Fsp3) is 0.176. The summed E-state index contributed by atoms with van der Waals surface area (Å²) < 4.78 is 11.2. The number of para-hydroxylation sites is 1. The van der Waals surface area contributed by atoms with Crippen LogP contribution < -0.4 is 20.1 Å². The Morgan fingerprint density at radius 3 is 2.35 bits per heavy atom. The van der Waals surface area contributed by atoms with E-state index < -0.39 is 0 Å². The minimum absolute atomic E-state index is 0.215. The molecule has 2 aromatic rings. The van der Waals surface area contributed by atoms with Gasteiger partial charge in [0.1, 0.15) is 24.7 Å². The van der Waals surface area contributed by atoms with Gasteiger partial charge in [0.2, 0.25) is 5.91 Å². The average molecular weight is 330 g/mol. The molecule has 0 aliphatic heterocycles. The lowest BCUT2D eigenvalue weighted by Crippen LogP contribution is -2.32. The summed E-state index contributed by atoms with van der Waals surface area (Å²) in [7, 11) is 0. The Bertz CT molecular complexity index is 662. The quantitative estimate of drug-likeness (QED) is 0.630. The second kappa shape index (κ2) is 8.75. The molecule has 2 rings (SSSR count). The number of rotatable bonds is 6. The van der Waals surface area contributed by atoms with Crippen molar-refractivity contribution in [3.8, 4) is 11.5 Å². The van der Waals surface area contributed by atoms with E-state index in [9.17, 15) is 4.79 Å². The number of benzene rings is 2. The monoisotopic (exact) mass is 330 g/mol. The maximum absolute atomic E-state index is 10.9. The first-order chi connectivity index (χ1) is 11.1. The van der Waals surface area contributed by atoms with Gasteiger partial charge in [-0.2, -0.15) is 0 Å². The van der Waals surface area contributed by atoms with Crippen LogP contribution in [0, 0.1) is 0 Å². The molecular formula is C17H18N2O3S. The lowest BCUT2D eigenvalue weighted by molar-refractivity contribution is -0.117. The van der Waals surface area contributed by atoms with Crippen LogP contribution in [-0.2, 0) is 4.79 Å². The largest absolute Gasteiger partial charge is 0.490 e. The molecule has 0 aromatic heterocycles. The van der Waals surface area contributed by atoms with Crippen molar-refractivity contribution in [2.75, 3.05) is 18.5 Å². The van der Waals surface area contributed by atoms with Crippen LogP contribution in [0.15, 0.2) is 54.6 Å². The van der Waals surface area contributed by atoms with Crippen LogP contribution in [-0.4, -0.2) is 24.2 Å². The smallest absolute Gasteiger partial charge is 0.222 e.